The molecule has 0 aromatic heterocycles. The minimum atomic E-state index is -4.53. The lowest BCUT2D eigenvalue weighted by Gasteiger charge is -2.25. The number of nitrogens with zero attached hydrogens (tertiary/aromatic N) is 1. The van der Waals surface area contributed by atoms with E-state index in [-0.39, 0.29) is 12.6 Å². The Labute approximate surface area is 86.8 Å². The molecule has 0 aliphatic carbocycles. The summed E-state index contributed by atoms with van der Waals surface area (Å²) in [6.07, 6.45) is -6.17. The van der Waals surface area contributed by atoms with Crippen LogP contribution >= 0.6 is 0 Å². The van der Waals surface area contributed by atoms with Crippen molar-refractivity contribution < 1.29 is 23.0 Å². The maximum Gasteiger partial charge on any atom is 0.415 e. The monoisotopic (exact) mass is 227 g/mol. The molecule has 1 aliphatic heterocycles. The molecule has 1 saturated heterocycles. The van der Waals surface area contributed by atoms with Gasteiger partial charge in [-0.05, 0) is 13.3 Å². The summed E-state index contributed by atoms with van der Waals surface area (Å²) in [5, 5.41) is 8.91. The van der Waals surface area contributed by atoms with Gasteiger partial charge in [-0.2, -0.15) is 13.2 Å². The van der Waals surface area contributed by atoms with E-state index in [1.807, 2.05) is 6.92 Å². The van der Waals surface area contributed by atoms with E-state index in [0.717, 1.165) is 0 Å². The standard InChI is InChI=1S/C9H16F3NO2/c1-7-5-13(3-2-4-15-7)6-8(14)9(10,11)12/h7-8,14H,2-6H2,1H3/t7-,8-/m1/s1. The van der Waals surface area contributed by atoms with Gasteiger partial charge in [-0.15, -0.1) is 0 Å². The van der Waals surface area contributed by atoms with Crippen LogP contribution in [0.5, 0.6) is 0 Å². The quantitative estimate of drug-likeness (QED) is 0.764. The maximum atomic E-state index is 12.1. The molecular weight excluding hydrogens is 211 g/mol. The van der Waals surface area contributed by atoms with Crippen molar-refractivity contribution in [1.82, 2.24) is 4.90 Å². The Morgan fingerprint density at radius 3 is 2.80 bits per heavy atom. The van der Waals surface area contributed by atoms with E-state index in [9.17, 15) is 13.2 Å². The minimum absolute atomic E-state index is 0.0760. The first-order valence-electron chi connectivity index (χ1n) is 4.98. The Bertz CT molecular complexity index is 198. The molecule has 15 heavy (non-hydrogen) atoms. The number of alkyl halides is 3. The van der Waals surface area contributed by atoms with Gasteiger partial charge in [-0.25, -0.2) is 0 Å². The second-order valence-corrected chi connectivity index (χ2v) is 3.85. The third-order valence-electron chi connectivity index (χ3n) is 2.35. The van der Waals surface area contributed by atoms with E-state index in [1.54, 1.807) is 4.90 Å². The van der Waals surface area contributed by atoms with Crippen molar-refractivity contribution in [3.05, 3.63) is 0 Å². The fraction of sp³-hybridized carbons (Fsp3) is 1.00. The molecular formula is C9H16F3NO2. The van der Waals surface area contributed by atoms with Gasteiger partial charge in [0.15, 0.2) is 6.10 Å². The van der Waals surface area contributed by atoms with Crippen molar-refractivity contribution in [3.8, 4) is 0 Å². The SMILES string of the molecule is C[C@@H]1CN(C[C@@H](O)C(F)(F)F)CCCO1. The van der Waals surface area contributed by atoms with Gasteiger partial charge in [-0.3, -0.25) is 4.90 Å². The third-order valence-corrected chi connectivity index (χ3v) is 2.35. The van der Waals surface area contributed by atoms with Gasteiger partial charge >= 0.3 is 6.18 Å². The maximum absolute atomic E-state index is 12.1. The van der Waals surface area contributed by atoms with Crippen LogP contribution in [-0.2, 0) is 4.74 Å². The number of aliphatic hydroxyl groups is 1. The van der Waals surface area contributed by atoms with Crippen molar-refractivity contribution in [3.63, 3.8) is 0 Å². The van der Waals surface area contributed by atoms with Gasteiger partial charge < -0.3 is 9.84 Å². The van der Waals surface area contributed by atoms with Crippen LogP contribution in [0.4, 0.5) is 13.2 Å². The van der Waals surface area contributed by atoms with Crippen LogP contribution in [0, 0.1) is 0 Å². The molecule has 0 aromatic rings. The molecule has 0 unspecified atom stereocenters. The highest BCUT2D eigenvalue weighted by molar-refractivity contribution is 4.74. The van der Waals surface area contributed by atoms with Gasteiger partial charge in [0, 0.05) is 26.2 Å². The third kappa shape index (κ3) is 4.36. The van der Waals surface area contributed by atoms with Crippen molar-refractivity contribution in [2.45, 2.75) is 31.7 Å². The molecule has 1 N–H and O–H groups in total. The summed E-state index contributed by atoms with van der Waals surface area (Å²) in [5.41, 5.74) is 0. The van der Waals surface area contributed by atoms with Gasteiger partial charge in [0.1, 0.15) is 0 Å². The smallest absolute Gasteiger partial charge is 0.382 e. The molecule has 0 bridgehead atoms. The van der Waals surface area contributed by atoms with Crippen LogP contribution in [0.25, 0.3) is 0 Å². The fourth-order valence-corrected chi connectivity index (χ4v) is 1.59. The zero-order valence-corrected chi connectivity index (χ0v) is 8.63. The molecule has 1 heterocycles. The molecule has 0 radical (unpaired) electrons. The second-order valence-electron chi connectivity index (χ2n) is 3.85. The zero-order chi connectivity index (χ0) is 11.5. The first-order valence-corrected chi connectivity index (χ1v) is 4.98. The number of halogens is 3. The molecule has 0 aromatic carbocycles. The summed E-state index contributed by atoms with van der Waals surface area (Å²) in [7, 11) is 0. The molecule has 1 fully saturated rings. The van der Waals surface area contributed by atoms with Crippen molar-refractivity contribution in [1.29, 1.82) is 0 Å². The fourth-order valence-electron chi connectivity index (χ4n) is 1.59. The summed E-state index contributed by atoms with van der Waals surface area (Å²) < 4.78 is 41.6. The lowest BCUT2D eigenvalue weighted by Crippen LogP contribution is -2.43. The topological polar surface area (TPSA) is 32.7 Å². The molecule has 0 amide bonds. The largest absolute Gasteiger partial charge is 0.415 e. The van der Waals surface area contributed by atoms with Crippen molar-refractivity contribution >= 4 is 0 Å². The molecule has 1 aliphatic rings. The van der Waals surface area contributed by atoms with Gasteiger partial charge in [-0.1, -0.05) is 0 Å². The second kappa shape index (κ2) is 5.14. The molecule has 0 saturated carbocycles. The van der Waals surface area contributed by atoms with E-state index >= 15 is 0 Å². The molecule has 6 heteroatoms. The van der Waals surface area contributed by atoms with Crippen LogP contribution in [-0.4, -0.2) is 54.6 Å². The Balaban J connectivity index is 2.42. The lowest BCUT2D eigenvalue weighted by atomic mass is 10.2. The lowest BCUT2D eigenvalue weighted by molar-refractivity contribution is -0.208. The van der Waals surface area contributed by atoms with E-state index in [2.05, 4.69) is 0 Å². The van der Waals surface area contributed by atoms with Crippen LogP contribution in [0.1, 0.15) is 13.3 Å². The number of rotatable bonds is 2. The van der Waals surface area contributed by atoms with E-state index in [1.165, 1.54) is 0 Å². The summed E-state index contributed by atoms with van der Waals surface area (Å²) >= 11 is 0. The van der Waals surface area contributed by atoms with E-state index < -0.39 is 12.3 Å². The average Bonchev–Trinajstić information content (AvgIpc) is 2.28. The summed E-state index contributed by atoms with van der Waals surface area (Å²) in [5.74, 6) is 0. The molecule has 0 spiro atoms. The number of hydrogen-bond donors (Lipinski definition) is 1. The van der Waals surface area contributed by atoms with Crippen LogP contribution in [0.3, 0.4) is 0 Å². The van der Waals surface area contributed by atoms with E-state index in [4.69, 9.17) is 9.84 Å². The predicted molar refractivity (Wildman–Crippen MR) is 48.5 cm³/mol. The van der Waals surface area contributed by atoms with Gasteiger partial charge in [0.25, 0.3) is 0 Å². The first-order chi connectivity index (χ1) is 6.89. The normalized spacial score (nSPS) is 27.4. The summed E-state index contributed by atoms with van der Waals surface area (Å²) in [6, 6.07) is 0. The number of hydrogen-bond acceptors (Lipinski definition) is 3. The highest BCUT2D eigenvalue weighted by atomic mass is 19.4. The Hall–Kier alpha value is -0.330. The highest BCUT2D eigenvalue weighted by Crippen LogP contribution is 2.21. The Morgan fingerprint density at radius 1 is 1.53 bits per heavy atom. The van der Waals surface area contributed by atoms with E-state index in [0.29, 0.717) is 26.1 Å². The highest BCUT2D eigenvalue weighted by Gasteiger charge is 2.39. The number of aliphatic hydroxyl groups excluding tert-OH is 1. The molecule has 2 atom stereocenters. The average molecular weight is 227 g/mol. The Kier molecular flexibility index (Phi) is 4.36. The van der Waals surface area contributed by atoms with Crippen LogP contribution in [0.2, 0.25) is 0 Å². The predicted octanol–water partition coefficient (Wildman–Crippen LogP) is 1.02. The van der Waals surface area contributed by atoms with Crippen LogP contribution in [0.15, 0.2) is 0 Å². The zero-order valence-electron chi connectivity index (χ0n) is 8.63. The van der Waals surface area contributed by atoms with Crippen molar-refractivity contribution in [2.75, 3.05) is 26.2 Å². The number of ether oxygens (including phenoxy) is 1. The van der Waals surface area contributed by atoms with Crippen LogP contribution < -0.4 is 0 Å². The molecule has 3 nitrogen and oxygen atoms in total. The summed E-state index contributed by atoms with van der Waals surface area (Å²) in [6.45, 7) is 3.00. The molecule has 90 valence electrons. The van der Waals surface area contributed by atoms with Crippen molar-refractivity contribution in [2.24, 2.45) is 0 Å². The van der Waals surface area contributed by atoms with Gasteiger partial charge in [0.2, 0.25) is 0 Å². The molecule has 1 rings (SSSR count). The number of β-amino-alcohol motifs (C(OH)–C–C–N with tert-alkyl or cyclic N) is 1. The first kappa shape index (κ1) is 12.7. The summed E-state index contributed by atoms with van der Waals surface area (Å²) in [4.78, 5) is 1.59. The van der Waals surface area contributed by atoms with Gasteiger partial charge in [0.05, 0.1) is 6.10 Å². The Morgan fingerprint density at radius 2 is 2.20 bits per heavy atom. The minimum Gasteiger partial charge on any atom is -0.382 e.